The van der Waals surface area contributed by atoms with Gasteiger partial charge in [0.1, 0.15) is 6.67 Å². The summed E-state index contributed by atoms with van der Waals surface area (Å²) in [5.74, 6) is 0. The highest BCUT2D eigenvalue weighted by Gasteiger charge is 2.01. The third kappa shape index (κ3) is 1.20. The van der Waals surface area contributed by atoms with E-state index < -0.39 is 0 Å². The lowest BCUT2D eigenvalue weighted by atomic mass is 10.2. The molecule has 0 unspecified atom stereocenters. The van der Waals surface area contributed by atoms with Gasteiger partial charge in [0.2, 0.25) is 0 Å². The molecule has 0 aliphatic heterocycles. The van der Waals surface area contributed by atoms with Gasteiger partial charge < -0.3 is 4.98 Å². The van der Waals surface area contributed by atoms with E-state index in [-0.39, 0.29) is 6.67 Å². The molecule has 0 saturated heterocycles. The molecule has 1 aromatic rings. The quantitative estimate of drug-likeness (QED) is 0.650. The van der Waals surface area contributed by atoms with Gasteiger partial charge in [0.15, 0.2) is 0 Å². The van der Waals surface area contributed by atoms with Gasteiger partial charge in [-0.2, -0.15) is 0 Å². The maximum absolute atomic E-state index is 12.2. The number of alkyl halides is 1. The Morgan fingerprint density at radius 3 is 2.70 bits per heavy atom. The van der Waals surface area contributed by atoms with Gasteiger partial charge in [-0.1, -0.05) is 6.92 Å². The van der Waals surface area contributed by atoms with E-state index in [9.17, 15) is 4.39 Å². The second kappa shape index (κ2) is 2.86. The van der Waals surface area contributed by atoms with Crippen molar-refractivity contribution in [3.63, 3.8) is 0 Å². The normalized spacial score (nSPS) is 10.3. The molecule has 1 aromatic heterocycles. The molecule has 2 heteroatoms. The smallest absolute Gasteiger partial charge is 0.116 e. The molecule has 1 rings (SSSR count). The largest absolute Gasteiger partial charge is 0.362 e. The molecule has 0 fully saturated rings. The number of aromatic nitrogens is 1. The van der Waals surface area contributed by atoms with Gasteiger partial charge in [-0.05, 0) is 19.4 Å². The first-order valence-corrected chi connectivity index (χ1v) is 3.51. The number of halogens is 1. The summed E-state index contributed by atoms with van der Waals surface area (Å²) in [6, 6.07) is 1.86. The van der Waals surface area contributed by atoms with Crippen LogP contribution in [0, 0.1) is 6.92 Å². The number of nitrogens with one attached hydrogen (secondary N) is 1. The lowest BCUT2D eigenvalue weighted by Gasteiger charge is -1.92. The standard InChI is InChI=1S/C8H12FN/c1-3-8-7(5-9)4-6(2)10-8/h4,10H,3,5H2,1-2H3. The molecule has 1 heterocycles. The highest BCUT2D eigenvalue weighted by Crippen LogP contribution is 2.11. The summed E-state index contributed by atoms with van der Waals surface area (Å²) in [5, 5.41) is 0. The Labute approximate surface area is 60.3 Å². The zero-order valence-corrected chi connectivity index (χ0v) is 6.37. The summed E-state index contributed by atoms with van der Waals surface area (Å²) in [6.07, 6.45) is 0.882. The van der Waals surface area contributed by atoms with Crippen LogP contribution < -0.4 is 0 Å². The molecule has 0 spiro atoms. The zero-order valence-electron chi connectivity index (χ0n) is 6.37. The van der Waals surface area contributed by atoms with E-state index in [2.05, 4.69) is 4.98 Å². The fourth-order valence-corrected chi connectivity index (χ4v) is 1.14. The molecule has 1 N–H and O–H groups in total. The van der Waals surface area contributed by atoms with Crippen molar-refractivity contribution in [1.29, 1.82) is 0 Å². The first-order valence-electron chi connectivity index (χ1n) is 3.51. The third-order valence-corrected chi connectivity index (χ3v) is 1.62. The van der Waals surface area contributed by atoms with Crippen molar-refractivity contribution < 1.29 is 4.39 Å². The molecule has 0 aliphatic carbocycles. The Morgan fingerprint density at radius 2 is 2.30 bits per heavy atom. The van der Waals surface area contributed by atoms with Gasteiger partial charge in [0.25, 0.3) is 0 Å². The zero-order chi connectivity index (χ0) is 7.56. The Hall–Kier alpha value is -0.790. The first kappa shape index (κ1) is 7.32. The molecule has 0 bridgehead atoms. The van der Waals surface area contributed by atoms with E-state index in [0.29, 0.717) is 0 Å². The molecule has 10 heavy (non-hydrogen) atoms. The Kier molecular flexibility index (Phi) is 2.10. The van der Waals surface area contributed by atoms with Crippen LogP contribution >= 0.6 is 0 Å². The van der Waals surface area contributed by atoms with Crippen molar-refractivity contribution in [2.45, 2.75) is 26.9 Å². The van der Waals surface area contributed by atoms with E-state index in [1.165, 1.54) is 0 Å². The van der Waals surface area contributed by atoms with Gasteiger partial charge in [0, 0.05) is 17.0 Å². The predicted molar refractivity (Wildman–Crippen MR) is 39.7 cm³/mol. The predicted octanol–water partition coefficient (Wildman–Crippen LogP) is 2.36. The topological polar surface area (TPSA) is 15.8 Å². The molecule has 0 radical (unpaired) electrons. The van der Waals surface area contributed by atoms with E-state index in [1.807, 2.05) is 19.9 Å². The average molecular weight is 141 g/mol. The number of hydrogen-bond donors (Lipinski definition) is 1. The Bertz CT molecular complexity index is 194. The van der Waals surface area contributed by atoms with Crippen molar-refractivity contribution >= 4 is 0 Å². The summed E-state index contributed by atoms with van der Waals surface area (Å²) in [6.45, 7) is 3.61. The van der Waals surface area contributed by atoms with Crippen LogP contribution in [0.5, 0.6) is 0 Å². The summed E-state index contributed by atoms with van der Waals surface area (Å²) < 4.78 is 12.2. The van der Waals surface area contributed by atoms with Crippen molar-refractivity contribution in [2.75, 3.05) is 0 Å². The Morgan fingerprint density at radius 1 is 1.60 bits per heavy atom. The molecule has 0 aromatic carbocycles. The number of rotatable bonds is 2. The summed E-state index contributed by atoms with van der Waals surface area (Å²) >= 11 is 0. The van der Waals surface area contributed by atoms with Gasteiger partial charge in [-0.15, -0.1) is 0 Å². The minimum Gasteiger partial charge on any atom is -0.362 e. The van der Waals surface area contributed by atoms with Crippen LogP contribution in [0.15, 0.2) is 6.07 Å². The van der Waals surface area contributed by atoms with Gasteiger partial charge in [-0.25, -0.2) is 4.39 Å². The van der Waals surface area contributed by atoms with Crippen LogP contribution in [0.2, 0.25) is 0 Å². The van der Waals surface area contributed by atoms with Gasteiger partial charge in [-0.3, -0.25) is 0 Å². The second-order valence-electron chi connectivity index (χ2n) is 2.44. The van der Waals surface area contributed by atoms with Crippen LogP contribution in [0.25, 0.3) is 0 Å². The number of hydrogen-bond acceptors (Lipinski definition) is 0. The molecule has 0 aliphatic rings. The maximum Gasteiger partial charge on any atom is 0.116 e. The highest BCUT2D eigenvalue weighted by molar-refractivity contribution is 5.24. The van der Waals surface area contributed by atoms with Crippen molar-refractivity contribution in [3.8, 4) is 0 Å². The molecular formula is C8H12FN. The summed E-state index contributed by atoms with van der Waals surface area (Å²) in [5.41, 5.74) is 2.88. The van der Waals surface area contributed by atoms with Crippen molar-refractivity contribution in [2.24, 2.45) is 0 Å². The maximum atomic E-state index is 12.2. The minimum atomic E-state index is -0.354. The third-order valence-electron chi connectivity index (χ3n) is 1.62. The van der Waals surface area contributed by atoms with Crippen LogP contribution in [0.4, 0.5) is 4.39 Å². The van der Waals surface area contributed by atoms with Crippen LogP contribution in [0.1, 0.15) is 23.9 Å². The lowest BCUT2D eigenvalue weighted by Crippen LogP contribution is -1.84. The fourth-order valence-electron chi connectivity index (χ4n) is 1.14. The van der Waals surface area contributed by atoms with Gasteiger partial charge in [0.05, 0.1) is 0 Å². The summed E-state index contributed by atoms with van der Waals surface area (Å²) in [4.78, 5) is 3.11. The lowest BCUT2D eigenvalue weighted by molar-refractivity contribution is 0.483. The first-order chi connectivity index (χ1) is 4.77. The second-order valence-corrected chi connectivity index (χ2v) is 2.44. The summed E-state index contributed by atoms with van der Waals surface area (Å²) in [7, 11) is 0. The fraction of sp³-hybridized carbons (Fsp3) is 0.500. The number of aromatic amines is 1. The number of H-pyrrole nitrogens is 1. The van der Waals surface area contributed by atoms with Crippen molar-refractivity contribution in [3.05, 3.63) is 23.0 Å². The molecular weight excluding hydrogens is 129 g/mol. The molecule has 1 nitrogen and oxygen atoms in total. The molecule has 56 valence electrons. The Balaban J connectivity index is 2.96. The number of aryl methyl sites for hydroxylation is 2. The highest BCUT2D eigenvalue weighted by atomic mass is 19.1. The van der Waals surface area contributed by atoms with Crippen LogP contribution in [0.3, 0.4) is 0 Å². The SMILES string of the molecule is CCc1[nH]c(C)cc1CF. The monoisotopic (exact) mass is 141 g/mol. The van der Waals surface area contributed by atoms with Crippen LogP contribution in [-0.2, 0) is 13.1 Å². The van der Waals surface area contributed by atoms with E-state index in [0.717, 1.165) is 23.4 Å². The van der Waals surface area contributed by atoms with Crippen molar-refractivity contribution in [1.82, 2.24) is 4.98 Å². The van der Waals surface area contributed by atoms with E-state index >= 15 is 0 Å². The average Bonchev–Trinajstić information content (AvgIpc) is 2.30. The van der Waals surface area contributed by atoms with E-state index in [4.69, 9.17) is 0 Å². The molecule has 0 saturated carbocycles. The minimum absolute atomic E-state index is 0.354. The van der Waals surface area contributed by atoms with Gasteiger partial charge >= 0.3 is 0 Å². The van der Waals surface area contributed by atoms with E-state index in [1.54, 1.807) is 0 Å². The molecule has 0 amide bonds. The van der Waals surface area contributed by atoms with Crippen LogP contribution in [-0.4, -0.2) is 4.98 Å². The molecule has 0 atom stereocenters.